The van der Waals surface area contributed by atoms with E-state index in [2.05, 4.69) is 25.6 Å². The van der Waals surface area contributed by atoms with Crippen LogP contribution in [0.4, 0.5) is 11.5 Å². The van der Waals surface area contributed by atoms with Crippen LogP contribution in [0.3, 0.4) is 0 Å². The predicted molar refractivity (Wildman–Crippen MR) is 88.0 cm³/mol. The van der Waals surface area contributed by atoms with Crippen molar-refractivity contribution in [3.8, 4) is 0 Å². The lowest BCUT2D eigenvalue weighted by atomic mass is 10.1. The molecule has 0 aliphatic carbocycles. The number of aryl methyl sites for hydroxylation is 1. The second-order valence-corrected chi connectivity index (χ2v) is 7.30. The Morgan fingerprint density at radius 2 is 2.10 bits per heavy atom. The molecule has 8 heteroatoms. The number of anilines is 2. The largest absolute Gasteiger partial charge is 0.382 e. The Hall–Kier alpha value is -1.31. The third-order valence-corrected chi connectivity index (χ3v) is 4.98. The second kappa shape index (κ2) is 6.21. The van der Waals surface area contributed by atoms with Crippen molar-refractivity contribution in [1.29, 1.82) is 0 Å². The number of nitrogens with two attached hydrogens (primary N) is 1. The van der Waals surface area contributed by atoms with Crippen molar-refractivity contribution in [2.45, 2.75) is 18.2 Å². The summed E-state index contributed by atoms with van der Waals surface area (Å²) in [5.41, 5.74) is 6.88. The molecule has 5 nitrogen and oxygen atoms in total. The van der Waals surface area contributed by atoms with Gasteiger partial charge in [0.25, 0.3) is 10.0 Å². The lowest BCUT2D eigenvalue weighted by Gasteiger charge is -2.12. The van der Waals surface area contributed by atoms with Gasteiger partial charge in [-0.25, -0.2) is 13.4 Å². The lowest BCUT2D eigenvalue weighted by molar-refractivity contribution is 0.601. The summed E-state index contributed by atoms with van der Waals surface area (Å²) in [6, 6.07) is 6.61. The molecular formula is C13H13BrClN3O2S. The Morgan fingerprint density at radius 1 is 1.38 bits per heavy atom. The average molecular weight is 391 g/mol. The molecule has 112 valence electrons. The summed E-state index contributed by atoms with van der Waals surface area (Å²) in [6.07, 6.45) is 1.87. The topological polar surface area (TPSA) is 85.1 Å². The number of nitrogens with zero attached hydrogens (tertiary/aromatic N) is 1. The molecule has 3 N–H and O–H groups in total. The van der Waals surface area contributed by atoms with Crippen LogP contribution in [0.2, 0.25) is 5.02 Å². The maximum Gasteiger partial charge on any atom is 0.263 e. The molecule has 1 aromatic heterocycles. The highest BCUT2D eigenvalue weighted by atomic mass is 79.9. The Morgan fingerprint density at radius 3 is 2.71 bits per heavy atom. The van der Waals surface area contributed by atoms with Gasteiger partial charge in [-0.1, -0.05) is 34.5 Å². The highest BCUT2D eigenvalue weighted by Crippen LogP contribution is 2.26. The van der Waals surface area contributed by atoms with Gasteiger partial charge >= 0.3 is 0 Å². The van der Waals surface area contributed by atoms with Gasteiger partial charge in [-0.15, -0.1) is 0 Å². The minimum absolute atomic E-state index is 0.0355. The van der Waals surface area contributed by atoms with E-state index in [1.165, 1.54) is 12.3 Å². The number of aromatic nitrogens is 1. The Balaban J connectivity index is 2.39. The summed E-state index contributed by atoms with van der Waals surface area (Å²) in [6.45, 7) is 1.95. The average Bonchev–Trinajstić information content (AvgIpc) is 2.43. The van der Waals surface area contributed by atoms with Crippen molar-refractivity contribution in [2.24, 2.45) is 0 Å². The van der Waals surface area contributed by atoms with Gasteiger partial charge in [-0.05, 0) is 36.2 Å². The van der Waals surface area contributed by atoms with E-state index in [1.54, 1.807) is 12.1 Å². The van der Waals surface area contributed by atoms with E-state index < -0.39 is 10.0 Å². The summed E-state index contributed by atoms with van der Waals surface area (Å²) in [5.74, 6) is 0.0912. The Labute approximate surface area is 136 Å². The smallest absolute Gasteiger partial charge is 0.263 e. The van der Waals surface area contributed by atoms with Gasteiger partial charge in [-0.3, -0.25) is 4.72 Å². The number of halogens is 2. The Bertz CT molecular complexity index is 781. The quantitative estimate of drug-likeness (QED) is 0.837. The summed E-state index contributed by atoms with van der Waals surface area (Å²) < 4.78 is 28.1. The number of sulfonamides is 1. The van der Waals surface area contributed by atoms with E-state index in [-0.39, 0.29) is 15.7 Å². The van der Waals surface area contributed by atoms with Crippen molar-refractivity contribution in [3.63, 3.8) is 0 Å². The third kappa shape index (κ3) is 3.66. The first-order valence-electron chi connectivity index (χ1n) is 6.05. The molecule has 0 fully saturated rings. The maximum atomic E-state index is 12.4. The fraction of sp³-hybridized carbons (Fsp3) is 0.154. The third-order valence-electron chi connectivity index (χ3n) is 2.85. The van der Waals surface area contributed by atoms with Crippen LogP contribution in [-0.4, -0.2) is 13.4 Å². The van der Waals surface area contributed by atoms with Crippen LogP contribution in [0.5, 0.6) is 0 Å². The molecule has 0 saturated heterocycles. The zero-order chi connectivity index (χ0) is 15.6. The highest BCUT2D eigenvalue weighted by Gasteiger charge is 2.17. The zero-order valence-corrected chi connectivity index (χ0v) is 14.3. The molecule has 1 heterocycles. The maximum absolute atomic E-state index is 12.4. The molecule has 0 aliphatic rings. The molecular weight excluding hydrogens is 378 g/mol. The fourth-order valence-electron chi connectivity index (χ4n) is 1.74. The molecule has 21 heavy (non-hydrogen) atoms. The van der Waals surface area contributed by atoms with E-state index in [0.717, 1.165) is 10.0 Å². The van der Waals surface area contributed by atoms with Gasteiger partial charge in [-0.2, -0.15) is 0 Å². The number of hydrogen-bond donors (Lipinski definition) is 2. The zero-order valence-electron chi connectivity index (χ0n) is 11.1. The number of pyridine rings is 1. The van der Waals surface area contributed by atoms with E-state index in [1.807, 2.05) is 13.0 Å². The normalized spacial score (nSPS) is 11.4. The van der Waals surface area contributed by atoms with Gasteiger partial charge in [0.2, 0.25) is 0 Å². The SMILES string of the molecule is CCc1cc(Br)ccc1NS(=O)(=O)c1cnc(N)c(Cl)c1. The first kappa shape index (κ1) is 16.1. The van der Waals surface area contributed by atoms with Crippen molar-refractivity contribution >= 4 is 49.1 Å². The van der Waals surface area contributed by atoms with Gasteiger partial charge in [0, 0.05) is 10.7 Å². The van der Waals surface area contributed by atoms with Crippen molar-refractivity contribution in [1.82, 2.24) is 4.98 Å². The van der Waals surface area contributed by atoms with Gasteiger partial charge in [0.05, 0.1) is 10.7 Å². The molecule has 0 radical (unpaired) electrons. The highest BCUT2D eigenvalue weighted by molar-refractivity contribution is 9.10. The molecule has 1 aromatic carbocycles. The molecule has 0 unspecified atom stereocenters. The van der Waals surface area contributed by atoms with Crippen LogP contribution in [0, 0.1) is 0 Å². The molecule has 0 bridgehead atoms. The predicted octanol–water partition coefficient (Wildman–Crippen LogP) is 3.44. The summed E-state index contributed by atoms with van der Waals surface area (Å²) in [5, 5.41) is 0.101. The summed E-state index contributed by atoms with van der Waals surface area (Å²) in [4.78, 5) is 3.73. The van der Waals surface area contributed by atoms with E-state index in [4.69, 9.17) is 17.3 Å². The van der Waals surface area contributed by atoms with E-state index in [9.17, 15) is 8.42 Å². The van der Waals surface area contributed by atoms with Crippen LogP contribution < -0.4 is 10.5 Å². The van der Waals surface area contributed by atoms with Crippen molar-refractivity contribution < 1.29 is 8.42 Å². The van der Waals surface area contributed by atoms with Crippen LogP contribution >= 0.6 is 27.5 Å². The molecule has 0 spiro atoms. The monoisotopic (exact) mass is 389 g/mol. The number of benzene rings is 1. The van der Waals surface area contributed by atoms with E-state index in [0.29, 0.717) is 12.1 Å². The van der Waals surface area contributed by atoms with E-state index >= 15 is 0 Å². The number of nitrogens with one attached hydrogen (secondary N) is 1. The first-order chi connectivity index (χ1) is 9.83. The lowest BCUT2D eigenvalue weighted by Crippen LogP contribution is -2.14. The summed E-state index contributed by atoms with van der Waals surface area (Å²) in [7, 11) is -3.77. The van der Waals surface area contributed by atoms with Gasteiger partial charge in [0.1, 0.15) is 10.7 Å². The van der Waals surface area contributed by atoms with Crippen LogP contribution in [0.1, 0.15) is 12.5 Å². The minimum Gasteiger partial charge on any atom is -0.382 e. The molecule has 0 saturated carbocycles. The fourth-order valence-corrected chi connectivity index (χ4v) is 3.45. The molecule has 2 aromatic rings. The molecule has 0 atom stereocenters. The first-order valence-corrected chi connectivity index (χ1v) is 8.71. The van der Waals surface area contributed by atoms with Crippen LogP contribution in [0.25, 0.3) is 0 Å². The molecule has 0 amide bonds. The van der Waals surface area contributed by atoms with Crippen molar-refractivity contribution in [3.05, 3.63) is 45.5 Å². The van der Waals surface area contributed by atoms with Crippen LogP contribution in [-0.2, 0) is 16.4 Å². The van der Waals surface area contributed by atoms with Crippen LogP contribution in [0.15, 0.2) is 39.8 Å². The number of hydrogen-bond acceptors (Lipinski definition) is 4. The number of nitrogen functional groups attached to an aromatic ring is 1. The van der Waals surface area contributed by atoms with Gasteiger partial charge < -0.3 is 5.73 Å². The molecule has 0 aliphatic heterocycles. The Kier molecular flexibility index (Phi) is 4.75. The summed E-state index contributed by atoms with van der Waals surface area (Å²) >= 11 is 9.18. The number of rotatable bonds is 4. The van der Waals surface area contributed by atoms with Gasteiger partial charge in [0.15, 0.2) is 0 Å². The van der Waals surface area contributed by atoms with Crippen molar-refractivity contribution in [2.75, 3.05) is 10.5 Å². The standard InChI is InChI=1S/C13H13BrClN3O2S/c1-2-8-5-9(14)3-4-12(8)18-21(19,20)10-6-11(15)13(16)17-7-10/h3-7,18H,2H2,1H3,(H2,16,17). The minimum atomic E-state index is -3.77. The second-order valence-electron chi connectivity index (χ2n) is 4.30. The molecule has 2 rings (SSSR count).